The third-order valence-electron chi connectivity index (χ3n) is 7.05. The largest absolute Gasteiger partial charge is 0.445 e. The molecule has 2 aromatic heterocycles. The molecule has 0 spiro atoms. The lowest BCUT2D eigenvalue weighted by Crippen LogP contribution is -2.33. The van der Waals surface area contributed by atoms with Crippen molar-refractivity contribution < 1.29 is 22.1 Å². The fourth-order valence-corrected chi connectivity index (χ4v) is 6.24. The van der Waals surface area contributed by atoms with Crippen molar-refractivity contribution in [2.24, 2.45) is 0 Å². The molecule has 2 aromatic carbocycles. The smallest absolute Gasteiger partial charge is 0.410 e. The minimum absolute atomic E-state index is 0.0908. The normalized spacial score (nSPS) is 19.6. The number of ether oxygens (including phenoxy) is 1. The molecule has 0 bridgehead atoms. The predicted octanol–water partition coefficient (Wildman–Crippen LogP) is 5.21. The minimum Gasteiger partial charge on any atom is -0.445 e. The zero-order valence-corrected chi connectivity index (χ0v) is 21.7. The highest BCUT2D eigenvalue weighted by Gasteiger charge is 2.41. The first-order valence-corrected chi connectivity index (χ1v) is 14.4. The molecule has 1 saturated carbocycles. The molecule has 1 aliphatic carbocycles. The van der Waals surface area contributed by atoms with Gasteiger partial charge in [-0.1, -0.05) is 66.7 Å². The van der Waals surface area contributed by atoms with Gasteiger partial charge in [0.05, 0.1) is 24.4 Å². The molecule has 4 aromatic rings. The highest BCUT2D eigenvalue weighted by Crippen LogP contribution is 2.40. The SMILES string of the molecule is O=C(OCc1ccccc1)N1C[C@H](OS(=O)(=O)Cc2ccccc2)C[C@@H]1c1cn2cc(C3CC3)ccc2n1. The van der Waals surface area contributed by atoms with Gasteiger partial charge in [-0.3, -0.25) is 9.08 Å². The van der Waals surface area contributed by atoms with Crippen LogP contribution in [0.1, 0.15) is 53.6 Å². The van der Waals surface area contributed by atoms with Gasteiger partial charge in [0.1, 0.15) is 18.0 Å². The van der Waals surface area contributed by atoms with Crippen molar-refractivity contribution in [1.29, 1.82) is 0 Å². The molecule has 8 nitrogen and oxygen atoms in total. The van der Waals surface area contributed by atoms with E-state index in [4.69, 9.17) is 13.9 Å². The van der Waals surface area contributed by atoms with Gasteiger partial charge < -0.3 is 9.14 Å². The molecule has 2 fully saturated rings. The van der Waals surface area contributed by atoms with Gasteiger partial charge in [0.15, 0.2) is 0 Å². The zero-order chi connectivity index (χ0) is 26.1. The summed E-state index contributed by atoms with van der Waals surface area (Å²) >= 11 is 0. The molecule has 6 rings (SSSR count). The van der Waals surface area contributed by atoms with Gasteiger partial charge in [-0.05, 0) is 41.5 Å². The monoisotopic (exact) mass is 531 g/mol. The summed E-state index contributed by atoms with van der Waals surface area (Å²) in [5.41, 5.74) is 4.26. The van der Waals surface area contributed by atoms with E-state index in [9.17, 15) is 13.2 Å². The van der Waals surface area contributed by atoms with Crippen molar-refractivity contribution in [3.63, 3.8) is 0 Å². The Morgan fingerprint density at radius 2 is 1.63 bits per heavy atom. The summed E-state index contributed by atoms with van der Waals surface area (Å²) in [5, 5.41) is 0. The van der Waals surface area contributed by atoms with Gasteiger partial charge in [0.2, 0.25) is 0 Å². The van der Waals surface area contributed by atoms with E-state index in [0.717, 1.165) is 11.2 Å². The number of carbonyl (C=O) groups excluding carboxylic acids is 1. The van der Waals surface area contributed by atoms with Crippen LogP contribution in [-0.2, 0) is 31.4 Å². The van der Waals surface area contributed by atoms with Crippen molar-refractivity contribution >= 4 is 21.9 Å². The first-order valence-electron chi connectivity index (χ1n) is 12.8. The number of fused-ring (bicyclic) bond motifs is 1. The number of rotatable bonds is 8. The maximum atomic E-state index is 13.2. The van der Waals surface area contributed by atoms with Crippen molar-refractivity contribution in [2.75, 3.05) is 6.54 Å². The van der Waals surface area contributed by atoms with Crippen molar-refractivity contribution in [2.45, 2.75) is 49.7 Å². The predicted molar refractivity (Wildman–Crippen MR) is 142 cm³/mol. The van der Waals surface area contributed by atoms with Gasteiger partial charge in [0, 0.05) is 18.8 Å². The summed E-state index contributed by atoms with van der Waals surface area (Å²) in [5.74, 6) is 0.375. The summed E-state index contributed by atoms with van der Waals surface area (Å²) in [6, 6.07) is 22.0. The van der Waals surface area contributed by atoms with Crippen LogP contribution in [0.2, 0.25) is 0 Å². The molecule has 0 radical (unpaired) electrons. The van der Waals surface area contributed by atoms with E-state index in [1.165, 1.54) is 23.3 Å². The lowest BCUT2D eigenvalue weighted by molar-refractivity contribution is 0.0886. The van der Waals surface area contributed by atoms with Crippen LogP contribution < -0.4 is 0 Å². The standard InChI is InChI=1S/C29H29N3O5S/c33-29(36-19-21-7-3-1-4-8-21)32-17-25(37-38(34,35)20-22-9-5-2-6-10-22)15-27(32)26-18-31-16-24(23-11-12-23)13-14-28(31)30-26/h1-10,13-14,16,18,23,25,27H,11-12,15,17,19-20H2/t25-,27-/m1/s1. The van der Waals surface area contributed by atoms with Gasteiger partial charge in [-0.25, -0.2) is 9.78 Å². The number of aromatic nitrogens is 2. The summed E-state index contributed by atoms with van der Waals surface area (Å²) < 4.78 is 38.9. The van der Waals surface area contributed by atoms with Crippen LogP contribution in [-0.4, -0.2) is 41.4 Å². The number of hydrogen-bond donors (Lipinski definition) is 0. The number of imidazole rings is 1. The number of carbonyl (C=O) groups is 1. The molecule has 38 heavy (non-hydrogen) atoms. The Kier molecular flexibility index (Phi) is 6.63. The number of amides is 1. The Bertz CT molecular complexity index is 1530. The van der Waals surface area contributed by atoms with Crippen LogP contribution >= 0.6 is 0 Å². The van der Waals surface area contributed by atoms with Crippen molar-refractivity contribution in [3.05, 3.63) is 108 Å². The maximum absolute atomic E-state index is 13.2. The number of nitrogens with zero attached hydrogens (tertiary/aromatic N) is 3. The van der Waals surface area contributed by atoms with E-state index >= 15 is 0 Å². The van der Waals surface area contributed by atoms with Gasteiger partial charge >= 0.3 is 6.09 Å². The Morgan fingerprint density at radius 3 is 2.34 bits per heavy atom. The third kappa shape index (κ3) is 5.58. The van der Waals surface area contributed by atoms with Gasteiger partial charge in [0.25, 0.3) is 10.1 Å². The molecule has 196 valence electrons. The van der Waals surface area contributed by atoms with E-state index in [-0.39, 0.29) is 18.9 Å². The first kappa shape index (κ1) is 24.6. The second-order valence-corrected chi connectivity index (χ2v) is 11.6. The van der Waals surface area contributed by atoms with Crippen LogP contribution in [0.4, 0.5) is 4.79 Å². The molecule has 0 unspecified atom stereocenters. The number of likely N-dealkylation sites (tertiary alicyclic amines) is 1. The minimum atomic E-state index is -3.87. The van der Waals surface area contributed by atoms with E-state index in [0.29, 0.717) is 23.6 Å². The Labute approximate surface area is 222 Å². The summed E-state index contributed by atoms with van der Waals surface area (Å²) in [6.07, 6.45) is 5.48. The average Bonchev–Trinajstić information content (AvgIpc) is 3.55. The Morgan fingerprint density at radius 1 is 0.921 bits per heavy atom. The molecule has 1 aliphatic heterocycles. The van der Waals surface area contributed by atoms with Crippen molar-refractivity contribution in [1.82, 2.24) is 14.3 Å². The number of benzene rings is 2. The van der Waals surface area contributed by atoms with Crippen LogP contribution in [0, 0.1) is 0 Å². The fraction of sp³-hybridized carbons (Fsp3) is 0.310. The molecule has 9 heteroatoms. The molecule has 1 saturated heterocycles. The number of pyridine rings is 1. The van der Waals surface area contributed by atoms with Gasteiger partial charge in [-0.2, -0.15) is 8.42 Å². The highest BCUT2D eigenvalue weighted by atomic mass is 32.2. The molecular formula is C29H29N3O5S. The molecule has 1 amide bonds. The second kappa shape index (κ2) is 10.2. The molecular weight excluding hydrogens is 502 g/mol. The molecule has 0 N–H and O–H groups in total. The van der Waals surface area contributed by atoms with E-state index in [2.05, 4.69) is 12.3 Å². The quantitative estimate of drug-likeness (QED) is 0.290. The third-order valence-corrected chi connectivity index (χ3v) is 8.31. The summed E-state index contributed by atoms with van der Waals surface area (Å²) in [7, 11) is -3.87. The van der Waals surface area contributed by atoms with Gasteiger partial charge in [-0.15, -0.1) is 0 Å². The number of hydrogen-bond acceptors (Lipinski definition) is 6. The lowest BCUT2D eigenvalue weighted by Gasteiger charge is -2.22. The van der Waals surface area contributed by atoms with E-state index in [1.54, 1.807) is 24.3 Å². The average molecular weight is 532 g/mol. The van der Waals surface area contributed by atoms with Crippen LogP contribution in [0.15, 0.2) is 85.2 Å². The van der Waals surface area contributed by atoms with Crippen LogP contribution in [0.3, 0.4) is 0 Å². The topological polar surface area (TPSA) is 90.2 Å². The Balaban J connectivity index is 1.23. The summed E-state index contributed by atoms with van der Waals surface area (Å²) in [6.45, 7) is 0.212. The Hall–Kier alpha value is -3.69. The second-order valence-electron chi connectivity index (χ2n) is 10.0. The van der Waals surface area contributed by atoms with Crippen LogP contribution in [0.5, 0.6) is 0 Å². The van der Waals surface area contributed by atoms with Crippen molar-refractivity contribution in [3.8, 4) is 0 Å². The fourth-order valence-electron chi connectivity index (χ4n) is 5.02. The lowest BCUT2D eigenvalue weighted by atomic mass is 10.1. The first-order chi connectivity index (χ1) is 18.4. The maximum Gasteiger partial charge on any atom is 0.410 e. The highest BCUT2D eigenvalue weighted by molar-refractivity contribution is 7.85. The van der Waals surface area contributed by atoms with E-state index < -0.39 is 28.4 Å². The molecule has 2 atom stereocenters. The van der Waals surface area contributed by atoms with E-state index in [1.807, 2.05) is 53.1 Å². The van der Waals surface area contributed by atoms with Crippen LogP contribution in [0.25, 0.3) is 5.65 Å². The molecule has 3 heterocycles. The summed E-state index contributed by atoms with van der Waals surface area (Å²) in [4.78, 5) is 19.5. The zero-order valence-electron chi connectivity index (χ0n) is 20.8. The molecule has 2 aliphatic rings.